The van der Waals surface area contributed by atoms with Gasteiger partial charge in [-0.2, -0.15) is 0 Å². The van der Waals surface area contributed by atoms with Crippen LogP contribution < -0.4 is 20.1 Å². The van der Waals surface area contributed by atoms with Crippen molar-refractivity contribution >= 4 is 11.6 Å². The smallest absolute Gasteiger partial charge is 0.268 e. The number of nitrogens with zero attached hydrogens (tertiary/aromatic N) is 1. The van der Waals surface area contributed by atoms with E-state index in [0.717, 1.165) is 28.2 Å². The first kappa shape index (κ1) is 15.0. The van der Waals surface area contributed by atoms with Crippen LogP contribution in [0.1, 0.15) is 17.2 Å². The van der Waals surface area contributed by atoms with E-state index in [1.807, 2.05) is 48.5 Å². The maximum Gasteiger partial charge on any atom is 0.268 e. The third kappa shape index (κ3) is 2.34. The van der Waals surface area contributed by atoms with Gasteiger partial charge in [-0.15, -0.1) is 0 Å². The first-order valence-corrected chi connectivity index (χ1v) is 8.60. The maximum absolute atomic E-state index is 12.6. The lowest BCUT2D eigenvalue weighted by Crippen LogP contribution is -2.28. The second kappa shape index (κ2) is 5.91. The average molecular weight is 347 g/mol. The summed E-state index contributed by atoms with van der Waals surface area (Å²) in [7, 11) is 0. The van der Waals surface area contributed by atoms with E-state index in [2.05, 4.69) is 10.6 Å². The molecule has 2 aromatic carbocycles. The average Bonchev–Trinajstić information content (AvgIpc) is 3.19. The van der Waals surface area contributed by atoms with Gasteiger partial charge in [-0.05, 0) is 17.7 Å². The van der Waals surface area contributed by atoms with E-state index in [4.69, 9.17) is 14.5 Å². The molecule has 3 aliphatic heterocycles. The third-order valence-corrected chi connectivity index (χ3v) is 4.78. The van der Waals surface area contributed by atoms with Crippen molar-refractivity contribution in [3.63, 3.8) is 0 Å². The molecule has 6 nitrogen and oxygen atoms in total. The van der Waals surface area contributed by atoms with Crippen molar-refractivity contribution < 1.29 is 14.3 Å². The van der Waals surface area contributed by atoms with E-state index in [9.17, 15) is 4.79 Å². The van der Waals surface area contributed by atoms with Crippen molar-refractivity contribution in [1.82, 2.24) is 10.6 Å². The molecule has 130 valence electrons. The predicted octanol–water partition coefficient (Wildman–Crippen LogP) is 1.93. The number of nitrogens with one attached hydrogen (secondary N) is 2. The highest BCUT2D eigenvalue weighted by atomic mass is 16.7. The van der Waals surface area contributed by atoms with Crippen molar-refractivity contribution in [2.75, 3.05) is 19.9 Å². The van der Waals surface area contributed by atoms with E-state index in [1.54, 1.807) is 0 Å². The van der Waals surface area contributed by atoms with Crippen LogP contribution in [0.5, 0.6) is 11.5 Å². The van der Waals surface area contributed by atoms with Gasteiger partial charge in [0, 0.05) is 17.7 Å². The summed E-state index contributed by atoms with van der Waals surface area (Å²) < 4.78 is 10.9. The van der Waals surface area contributed by atoms with Gasteiger partial charge in [0.15, 0.2) is 11.5 Å². The van der Waals surface area contributed by atoms with Gasteiger partial charge in [-0.3, -0.25) is 9.79 Å². The first-order valence-electron chi connectivity index (χ1n) is 8.60. The minimum atomic E-state index is -0.281. The second-order valence-electron chi connectivity index (χ2n) is 6.33. The number of ether oxygens (including phenoxy) is 2. The van der Waals surface area contributed by atoms with E-state index in [1.165, 1.54) is 0 Å². The molecule has 0 spiro atoms. The molecule has 26 heavy (non-hydrogen) atoms. The van der Waals surface area contributed by atoms with Crippen LogP contribution in [0, 0.1) is 0 Å². The summed E-state index contributed by atoms with van der Waals surface area (Å²) in [5.41, 5.74) is 4.29. The lowest BCUT2D eigenvalue weighted by atomic mass is 9.92. The Hall–Kier alpha value is -3.28. The fraction of sp³-hybridized carbons (Fsp3) is 0.200. The van der Waals surface area contributed by atoms with Crippen molar-refractivity contribution in [2.24, 2.45) is 4.99 Å². The number of fused-ring (bicyclic) bond motifs is 1. The van der Waals surface area contributed by atoms with Gasteiger partial charge >= 0.3 is 0 Å². The van der Waals surface area contributed by atoms with Crippen LogP contribution in [0.4, 0.5) is 0 Å². The van der Waals surface area contributed by atoms with Gasteiger partial charge in [0.1, 0.15) is 5.70 Å². The van der Waals surface area contributed by atoms with Gasteiger partial charge in [-0.1, -0.05) is 36.4 Å². The van der Waals surface area contributed by atoms with E-state index in [0.29, 0.717) is 24.5 Å². The normalized spacial score (nSPS) is 20.8. The van der Waals surface area contributed by atoms with Crippen LogP contribution in [0.25, 0.3) is 0 Å². The third-order valence-electron chi connectivity index (χ3n) is 4.78. The molecule has 0 bridgehead atoms. The van der Waals surface area contributed by atoms with Crippen LogP contribution >= 0.6 is 0 Å². The molecule has 0 fully saturated rings. The van der Waals surface area contributed by atoms with E-state index < -0.39 is 0 Å². The van der Waals surface area contributed by atoms with Crippen LogP contribution in [0.2, 0.25) is 0 Å². The zero-order chi connectivity index (χ0) is 17.5. The first-order chi connectivity index (χ1) is 12.8. The van der Waals surface area contributed by atoms with Crippen LogP contribution in [-0.4, -0.2) is 31.5 Å². The van der Waals surface area contributed by atoms with Crippen LogP contribution in [0.3, 0.4) is 0 Å². The molecule has 6 heteroatoms. The summed E-state index contributed by atoms with van der Waals surface area (Å²) in [4.78, 5) is 17.4. The molecule has 1 amide bonds. The molecule has 2 N–H and O–H groups in total. The van der Waals surface area contributed by atoms with Crippen LogP contribution in [-0.2, 0) is 4.79 Å². The number of aliphatic imine (C=N–C) groups is 1. The highest BCUT2D eigenvalue weighted by Crippen LogP contribution is 2.39. The molecule has 0 saturated carbocycles. The van der Waals surface area contributed by atoms with Gasteiger partial charge < -0.3 is 20.1 Å². The molecule has 3 aliphatic rings. The van der Waals surface area contributed by atoms with Gasteiger partial charge in [0.25, 0.3) is 5.91 Å². The number of hydrogen-bond acceptors (Lipinski definition) is 5. The number of carbonyl (C=O) groups is 1. The van der Waals surface area contributed by atoms with E-state index in [-0.39, 0.29) is 18.7 Å². The quantitative estimate of drug-likeness (QED) is 0.871. The van der Waals surface area contributed by atoms with Gasteiger partial charge in [-0.25, -0.2) is 0 Å². The lowest BCUT2D eigenvalue weighted by molar-refractivity contribution is -0.117. The Morgan fingerprint density at radius 2 is 1.88 bits per heavy atom. The monoisotopic (exact) mass is 347 g/mol. The van der Waals surface area contributed by atoms with Crippen molar-refractivity contribution in [2.45, 2.75) is 6.04 Å². The lowest BCUT2D eigenvalue weighted by Gasteiger charge is -2.18. The predicted molar refractivity (Wildman–Crippen MR) is 96.3 cm³/mol. The molecule has 5 rings (SSSR count). The second-order valence-corrected chi connectivity index (χ2v) is 6.33. The van der Waals surface area contributed by atoms with E-state index >= 15 is 0 Å². The molecule has 0 aliphatic carbocycles. The highest BCUT2D eigenvalue weighted by molar-refractivity contribution is 6.19. The molecular formula is C20H17N3O3. The van der Waals surface area contributed by atoms with Crippen molar-refractivity contribution in [1.29, 1.82) is 0 Å². The standard InChI is InChI=1S/C20H17N3O3/c24-20-19-16(17(21-8-9-22-19)12-4-2-1-3-5-12)18(23-20)13-6-7-14-15(10-13)26-11-25-14/h1-7,10,18,22H,8-9,11H2,(H,23,24). The Bertz CT molecular complexity index is 950. The Morgan fingerprint density at radius 3 is 2.77 bits per heavy atom. The van der Waals surface area contributed by atoms with Crippen LogP contribution in [0.15, 0.2) is 64.8 Å². The SMILES string of the molecule is O=C1NC(c2ccc3c(c2)OCO3)C2=C1NCCN=C2c1ccccc1. The fourth-order valence-electron chi connectivity index (χ4n) is 3.59. The highest BCUT2D eigenvalue weighted by Gasteiger charge is 2.37. The maximum atomic E-state index is 12.6. The molecular weight excluding hydrogens is 330 g/mol. The Labute approximate surface area is 150 Å². The zero-order valence-electron chi connectivity index (χ0n) is 14.0. The molecule has 3 heterocycles. The number of hydrogen-bond donors (Lipinski definition) is 2. The number of benzene rings is 2. The molecule has 1 atom stereocenters. The number of carbonyl (C=O) groups excluding carboxylic acids is 1. The molecule has 1 unspecified atom stereocenters. The van der Waals surface area contributed by atoms with Gasteiger partial charge in [0.05, 0.1) is 18.3 Å². The summed E-state index contributed by atoms with van der Waals surface area (Å²) in [5.74, 6) is 1.32. The Balaban J connectivity index is 1.63. The summed E-state index contributed by atoms with van der Waals surface area (Å²) in [6, 6.07) is 15.5. The summed E-state index contributed by atoms with van der Waals surface area (Å²) in [5, 5.41) is 6.32. The minimum Gasteiger partial charge on any atom is -0.454 e. The number of amides is 1. The molecule has 0 saturated heterocycles. The minimum absolute atomic E-state index is 0.104. The number of rotatable bonds is 2. The molecule has 0 radical (unpaired) electrons. The summed E-state index contributed by atoms with van der Waals surface area (Å²) in [6.07, 6.45) is 0. The Kier molecular flexibility index (Phi) is 3.41. The molecule has 0 aromatic heterocycles. The largest absolute Gasteiger partial charge is 0.454 e. The molecule has 2 aromatic rings. The Morgan fingerprint density at radius 1 is 1.04 bits per heavy atom. The topological polar surface area (TPSA) is 72.0 Å². The zero-order valence-corrected chi connectivity index (χ0v) is 14.0. The van der Waals surface area contributed by atoms with Crippen molar-refractivity contribution in [3.05, 3.63) is 70.9 Å². The van der Waals surface area contributed by atoms with Crippen molar-refractivity contribution in [3.8, 4) is 11.5 Å². The summed E-state index contributed by atoms with van der Waals surface area (Å²) >= 11 is 0. The fourth-order valence-corrected chi connectivity index (χ4v) is 3.59. The van der Waals surface area contributed by atoms with Gasteiger partial charge in [0.2, 0.25) is 6.79 Å². The summed E-state index contributed by atoms with van der Waals surface area (Å²) in [6.45, 7) is 1.48.